The molecule has 0 saturated carbocycles. The molecule has 0 spiro atoms. The fraction of sp³-hybridized carbons (Fsp3) is 0.143. The van der Waals surface area contributed by atoms with E-state index in [9.17, 15) is 0 Å². The van der Waals surface area contributed by atoms with Gasteiger partial charge in [-0.25, -0.2) is 0 Å². The monoisotopic (exact) mass is 135 g/mol. The van der Waals surface area contributed by atoms with Crippen molar-refractivity contribution < 1.29 is 0 Å². The van der Waals surface area contributed by atoms with E-state index < -0.39 is 0 Å². The molecule has 0 aliphatic carbocycles. The molecule has 0 fully saturated rings. The number of thiol groups is 1. The van der Waals surface area contributed by atoms with Crippen molar-refractivity contribution in [3.8, 4) is 0 Å². The second-order valence-corrected chi connectivity index (χ2v) is 2.40. The van der Waals surface area contributed by atoms with E-state index in [1.807, 2.05) is 25.0 Å². The van der Waals surface area contributed by atoms with E-state index in [0.29, 0.717) is 0 Å². The molecule has 1 radical (unpaired) electrons. The molecule has 2 heteroatoms. The lowest BCUT2D eigenvalue weighted by atomic mass is 9.74. The maximum Gasteiger partial charge on any atom is 0.148 e. The van der Waals surface area contributed by atoms with Gasteiger partial charge < -0.3 is 0 Å². The first kappa shape index (κ1) is 6.75. The normalized spacial score (nSPS) is 9.11. The minimum atomic E-state index is 1.02. The van der Waals surface area contributed by atoms with Crippen LogP contribution in [0.5, 0.6) is 0 Å². The Morgan fingerprint density at radius 3 is 2.67 bits per heavy atom. The summed E-state index contributed by atoms with van der Waals surface area (Å²) in [6.45, 7) is 2.02. The minimum absolute atomic E-state index is 1.02. The highest BCUT2D eigenvalue weighted by atomic mass is 32.1. The molecule has 0 heterocycles. The van der Waals surface area contributed by atoms with Crippen LogP contribution in [-0.2, 0) is 0 Å². The first-order valence-electron chi connectivity index (χ1n) is 2.91. The molecule has 9 heavy (non-hydrogen) atoms. The number of rotatable bonds is 1. The van der Waals surface area contributed by atoms with Gasteiger partial charge in [0.05, 0.1) is 0 Å². The summed E-state index contributed by atoms with van der Waals surface area (Å²) < 4.78 is 0. The molecule has 0 bridgehead atoms. The van der Waals surface area contributed by atoms with Crippen molar-refractivity contribution in [2.45, 2.75) is 11.7 Å². The lowest BCUT2D eigenvalue weighted by Gasteiger charge is -1.93. The molecule has 0 unspecified atom stereocenters. The second-order valence-electron chi connectivity index (χ2n) is 1.88. The summed E-state index contributed by atoms with van der Waals surface area (Å²) in [6.07, 6.45) is 0. The van der Waals surface area contributed by atoms with Gasteiger partial charge in [-0.1, -0.05) is 30.5 Å². The molecule has 0 N–H and O–H groups in total. The predicted octanol–water partition coefficient (Wildman–Crippen LogP) is 1.35. The van der Waals surface area contributed by atoms with Gasteiger partial charge >= 0.3 is 0 Å². The molecule has 0 saturated heterocycles. The Morgan fingerprint density at radius 1 is 1.44 bits per heavy atom. The van der Waals surface area contributed by atoms with Gasteiger partial charge in [-0.15, -0.1) is 12.6 Å². The summed E-state index contributed by atoms with van der Waals surface area (Å²) >= 11 is 4.19. The average molecular weight is 135 g/mol. The van der Waals surface area contributed by atoms with Gasteiger partial charge in [-0.2, -0.15) is 0 Å². The Labute approximate surface area is 61.9 Å². The molecular weight excluding hydrogens is 127 g/mol. The molecule has 0 atom stereocenters. The van der Waals surface area contributed by atoms with E-state index in [2.05, 4.69) is 26.0 Å². The summed E-state index contributed by atoms with van der Waals surface area (Å²) in [5, 5.41) is 0. The second kappa shape index (κ2) is 2.97. The van der Waals surface area contributed by atoms with Crippen molar-refractivity contribution in [1.29, 1.82) is 0 Å². The topological polar surface area (TPSA) is 0 Å². The molecule has 0 nitrogen and oxygen atoms in total. The van der Waals surface area contributed by atoms with Crippen molar-refractivity contribution in [2.24, 2.45) is 0 Å². The number of hydrogen-bond donors (Lipinski definition) is 1. The van der Waals surface area contributed by atoms with Crippen LogP contribution in [0, 0.1) is 0 Å². The van der Waals surface area contributed by atoms with E-state index in [1.165, 1.54) is 5.46 Å². The van der Waals surface area contributed by atoms with Crippen molar-refractivity contribution in [1.82, 2.24) is 0 Å². The summed E-state index contributed by atoms with van der Waals surface area (Å²) in [6, 6.07) is 8.05. The van der Waals surface area contributed by atoms with Crippen LogP contribution in [0.25, 0.3) is 0 Å². The van der Waals surface area contributed by atoms with E-state index in [-0.39, 0.29) is 0 Å². The van der Waals surface area contributed by atoms with E-state index in [1.54, 1.807) is 0 Å². The SMILES string of the molecule is C[B]c1cccc(S)c1. The smallest absolute Gasteiger partial charge is 0.143 e. The molecular formula is C7H8BS. The largest absolute Gasteiger partial charge is 0.148 e. The summed E-state index contributed by atoms with van der Waals surface area (Å²) in [7, 11) is 2.06. The minimum Gasteiger partial charge on any atom is -0.143 e. The summed E-state index contributed by atoms with van der Waals surface area (Å²) in [4.78, 5) is 1.02. The van der Waals surface area contributed by atoms with Crippen molar-refractivity contribution in [3.05, 3.63) is 24.3 Å². The zero-order valence-electron chi connectivity index (χ0n) is 5.33. The Morgan fingerprint density at radius 2 is 2.22 bits per heavy atom. The third kappa shape index (κ3) is 1.79. The fourth-order valence-electron chi connectivity index (χ4n) is 0.704. The molecule has 0 aliphatic rings. The van der Waals surface area contributed by atoms with Crippen LogP contribution >= 0.6 is 12.6 Å². The molecule has 0 aromatic heterocycles. The highest BCUT2D eigenvalue weighted by molar-refractivity contribution is 7.80. The molecule has 0 aliphatic heterocycles. The zero-order valence-corrected chi connectivity index (χ0v) is 6.23. The number of benzene rings is 1. The van der Waals surface area contributed by atoms with E-state index >= 15 is 0 Å². The van der Waals surface area contributed by atoms with E-state index in [4.69, 9.17) is 0 Å². The average Bonchev–Trinajstić information content (AvgIpc) is 1.88. The van der Waals surface area contributed by atoms with Crippen molar-refractivity contribution in [3.63, 3.8) is 0 Å². The van der Waals surface area contributed by atoms with Crippen LogP contribution in [0.15, 0.2) is 29.2 Å². The zero-order chi connectivity index (χ0) is 6.69. The summed E-state index contributed by atoms with van der Waals surface area (Å²) in [5.41, 5.74) is 1.22. The van der Waals surface area contributed by atoms with Gasteiger partial charge in [0.2, 0.25) is 0 Å². The van der Waals surface area contributed by atoms with Gasteiger partial charge in [-0.3, -0.25) is 0 Å². The first-order chi connectivity index (χ1) is 4.33. The third-order valence-electron chi connectivity index (χ3n) is 1.20. The van der Waals surface area contributed by atoms with E-state index in [0.717, 1.165) is 4.90 Å². The molecule has 1 aromatic carbocycles. The lowest BCUT2D eigenvalue weighted by Crippen LogP contribution is -2.08. The van der Waals surface area contributed by atoms with Gasteiger partial charge in [0.1, 0.15) is 7.28 Å². The first-order valence-corrected chi connectivity index (χ1v) is 3.36. The third-order valence-corrected chi connectivity index (χ3v) is 1.48. The Kier molecular flexibility index (Phi) is 2.23. The molecule has 1 rings (SSSR count). The standard InChI is InChI=1S/C7H8BS/c1-8-6-3-2-4-7(9)5-6/h2-5,9H,1H3. The maximum atomic E-state index is 4.19. The van der Waals surface area contributed by atoms with Gasteiger partial charge in [0, 0.05) is 4.90 Å². The maximum absolute atomic E-state index is 4.19. The molecule has 0 amide bonds. The van der Waals surface area contributed by atoms with Crippen LogP contribution < -0.4 is 5.46 Å². The van der Waals surface area contributed by atoms with Crippen LogP contribution in [0.4, 0.5) is 0 Å². The molecule has 1 aromatic rings. The predicted molar refractivity (Wildman–Crippen MR) is 44.9 cm³/mol. The Balaban J connectivity index is 2.94. The highest BCUT2D eigenvalue weighted by Crippen LogP contribution is 1.99. The Bertz CT molecular complexity index is 198. The molecule has 45 valence electrons. The highest BCUT2D eigenvalue weighted by Gasteiger charge is 1.87. The van der Waals surface area contributed by atoms with Crippen molar-refractivity contribution in [2.75, 3.05) is 0 Å². The summed E-state index contributed by atoms with van der Waals surface area (Å²) in [5.74, 6) is 0. The van der Waals surface area contributed by atoms with Crippen LogP contribution in [0.3, 0.4) is 0 Å². The van der Waals surface area contributed by atoms with Crippen LogP contribution in [0.2, 0.25) is 6.82 Å². The van der Waals surface area contributed by atoms with Gasteiger partial charge in [0.25, 0.3) is 0 Å². The van der Waals surface area contributed by atoms with Crippen molar-refractivity contribution >= 4 is 25.4 Å². The Hall–Kier alpha value is -0.365. The fourth-order valence-corrected chi connectivity index (χ4v) is 0.939. The van der Waals surface area contributed by atoms with Gasteiger partial charge in [0.15, 0.2) is 0 Å². The number of hydrogen-bond acceptors (Lipinski definition) is 1. The van der Waals surface area contributed by atoms with Gasteiger partial charge in [-0.05, 0) is 6.07 Å². The quantitative estimate of drug-likeness (QED) is 0.436. The van der Waals surface area contributed by atoms with Crippen LogP contribution in [-0.4, -0.2) is 7.28 Å². The van der Waals surface area contributed by atoms with Crippen LogP contribution in [0.1, 0.15) is 0 Å². The lowest BCUT2D eigenvalue weighted by molar-refractivity contribution is 1.51.